The zero-order chi connectivity index (χ0) is 21.2. The van der Waals surface area contributed by atoms with E-state index in [1.165, 1.54) is 10.4 Å². The third-order valence-electron chi connectivity index (χ3n) is 5.23. The molecule has 158 valence electrons. The molecule has 0 atom stereocenters. The number of carbonyl (C=O) groups excluding carboxylic acids is 1. The van der Waals surface area contributed by atoms with Gasteiger partial charge in [-0.3, -0.25) is 9.48 Å². The lowest BCUT2D eigenvalue weighted by atomic mass is 10.1. The van der Waals surface area contributed by atoms with E-state index < -0.39 is 10.0 Å². The van der Waals surface area contributed by atoms with Crippen LogP contribution in [0.3, 0.4) is 0 Å². The molecule has 2 heterocycles. The Kier molecular flexibility index (Phi) is 6.43. The Morgan fingerprint density at radius 1 is 1.21 bits per heavy atom. The molecule has 1 aliphatic heterocycles. The minimum Gasteiger partial charge on any atom is -0.326 e. The normalized spacial score (nSPS) is 15.2. The van der Waals surface area contributed by atoms with Gasteiger partial charge in [-0.1, -0.05) is 19.9 Å². The number of anilines is 1. The number of nitrogens with one attached hydrogen (secondary N) is 1. The predicted molar refractivity (Wildman–Crippen MR) is 113 cm³/mol. The highest BCUT2D eigenvalue weighted by Gasteiger charge is 2.27. The van der Waals surface area contributed by atoms with E-state index in [1.807, 2.05) is 18.5 Å². The maximum atomic E-state index is 12.7. The minimum absolute atomic E-state index is 0.184. The van der Waals surface area contributed by atoms with Crippen molar-refractivity contribution in [3.8, 4) is 0 Å². The summed E-state index contributed by atoms with van der Waals surface area (Å²) in [4.78, 5) is 12.8. The number of sulfonamides is 1. The Morgan fingerprint density at radius 3 is 2.55 bits per heavy atom. The van der Waals surface area contributed by atoms with Crippen LogP contribution < -0.4 is 5.32 Å². The molecule has 1 aliphatic rings. The summed E-state index contributed by atoms with van der Waals surface area (Å²) in [6, 6.07) is 6.49. The highest BCUT2D eigenvalue weighted by molar-refractivity contribution is 7.89. The van der Waals surface area contributed by atoms with Gasteiger partial charge in [0.2, 0.25) is 15.9 Å². The van der Waals surface area contributed by atoms with E-state index in [0.717, 1.165) is 36.3 Å². The summed E-state index contributed by atoms with van der Waals surface area (Å²) in [5.74, 6) is 0.283. The van der Waals surface area contributed by atoms with Gasteiger partial charge < -0.3 is 5.32 Å². The zero-order valence-electron chi connectivity index (χ0n) is 17.6. The van der Waals surface area contributed by atoms with E-state index in [9.17, 15) is 13.2 Å². The average molecular weight is 419 g/mol. The largest absolute Gasteiger partial charge is 0.326 e. The second-order valence-electron chi connectivity index (χ2n) is 8.09. The summed E-state index contributed by atoms with van der Waals surface area (Å²) in [5.41, 5.74) is 3.25. The van der Waals surface area contributed by atoms with Gasteiger partial charge in [-0.05, 0) is 50.8 Å². The number of benzene rings is 1. The van der Waals surface area contributed by atoms with Gasteiger partial charge in [0.15, 0.2) is 0 Å². The molecule has 0 saturated carbocycles. The number of hydrogen-bond acceptors (Lipinski definition) is 4. The SMILES string of the molecule is Cc1nn(CC(C)C)c(C)c1CC(=O)Nc1cccc(S(=O)(=O)N2CCCC2)c1. The number of rotatable bonds is 7. The Labute approximate surface area is 173 Å². The molecular weight excluding hydrogens is 388 g/mol. The van der Waals surface area contributed by atoms with E-state index in [0.29, 0.717) is 24.7 Å². The number of amides is 1. The summed E-state index contributed by atoms with van der Waals surface area (Å²) in [6.45, 7) is 10.1. The molecule has 0 aliphatic carbocycles. The quantitative estimate of drug-likeness (QED) is 0.749. The van der Waals surface area contributed by atoms with Crippen LogP contribution in [0.25, 0.3) is 0 Å². The third kappa shape index (κ3) is 4.87. The maximum absolute atomic E-state index is 12.7. The minimum atomic E-state index is -3.51. The molecule has 0 spiro atoms. The molecule has 29 heavy (non-hydrogen) atoms. The van der Waals surface area contributed by atoms with Gasteiger partial charge in [-0.2, -0.15) is 9.40 Å². The van der Waals surface area contributed by atoms with Crippen molar-refractivity contribution in [1.82, 2.24) is 14.1 Å². The second-order valence-corrected chi connectivity index (χ2v) is 10.0. The van der Waals surface area contributed by atoms with Crippen LogP contribution in [0.15, 0.2) is 29.2 Å². The van der Waals surface area contributed by atoms with Gasteiger partial charge in [0, 0.05) is 36.6 Å². The fourth-order valence-corrected chi connectivity index (χ4v) is 5.25. The lowest BCUT2D eigenvalue weighted by molar-refractivity contribution is -0.115. The van der Waals surface area contributed by atoms with Gasteiger partial charge in [0.1, 0.15) is 0 Å². The lowest BCUT2D eigenvalue weighted by Crippen LogP contribution is -2.28. The topological polar surface area (TPSA) is 84.3 Å². The van der Waals surface area contributed by atoms with Crippen LogP contribution in [0.4, 0.5) is 5.69 Å². The molecule has 3 rings (SSSR count). The van der Waals surface area contributed by atoms with Crippen molar-refractivity contribution < 1.29 is 13.2 Å². The molecule has 1 fully saturated rings. The van der Waals surface area contributed by atoms with Crippen molar-refractivity contribution in [1.29, 1.82) is 0 Å². The molecule has 0 radical (unpaired) electrons. The molecule has 1 amide bonds. The molecule has 2 aromatic rings. The molecular formula is C21H30N4O3S. The van der Waals surface area contributed by atoms with E-state index in [1.54, 1.807) is 18.2 Å². The van der Waals surface area contributed by atoms with Crippen LogP contribution >= 0.6 is 0 Å². The summed E-state index contributed by atoms with van der Waals surface area (Å²) in [5, 5.41) is 7.39. The first-order chi connectivity index (χ1) is 13.7. The Balaban J connectivity index is 1.73. The van der Waals surface area contributed by atoms with Crippen LogP contribution in [-0.2, 0) is 27.8 Å². The van der Waals surface area contributed by atoms with Crippen molar-refractivity contribution in [2.45, 2.75) is 58.4 Å². The summed E-state index contributed by atoms with van der Waals surface area (Å²) in [7, 11) is -3.51. The highest BCUT2D eigenvalue weighted by atomic mass is 32.2. The van der Waals surface area contributed by atoms with Crippen LogP contribution in [-0.4, -0.2) is 41.5 Å². The Morgan fingerprint density at radius 2 is 1.90 bits per heavy atom. The molecule has 8 heteroatoms. The van der Waals surface area contributed by atoms with Gasteiger partial charge >= 0.3 is 0 Å². The lowest BCUT2D eigenvalue weighted by Gasteiger charge is -2.16. The molecule has 7 nitrogen and oxygen atoms in total. The van der Waals surface area contributed by atoms with E-state index >= 15 is 0 Å². The first-order valence-electron chi connectivity index (χ1n) is 10.1. The molecule has 1 aromatic carbocycles. The molecule has 0 unspecified atom stereocenters. The van der Waals surface area contributed by atoms with Gasteiger partial charge in [0.25, 0.3) is 0 Å². The van der Waals surface area contributed by atoms with Crippen LogP contribution in [0.1, 0.15) is 43.6 Å². The van der Waals surface area contributed by atoms with Crippen molar-refractivity contribution in [2.75, 3.05) is 18.4 Å². The first-order valence-corrected chi connectivity index (χ1v) is 11.6. The number of aromatic nitrogens is 2. The summed E-state index contributed by atoms with van der Waals surface area (Å²) < 4.78 is 28.9. The van der Waals surface area contributed by atoms with E-state index in [2.05, 4.69) is 24.3 Å². The second kappa shape index (κ2) is 8.67. The zero-order valence-corrected chi connectivity index (χ0v) is 18.4. The number of nitrogens with zero attached hydrogens (tertiary/aromatic N) is 3. The Bertz CT molecular complexity index is 989. The fraction of sp³-hybridized carbons (Fsp3) is 0.524. The van der Waals surface area contributed by atoms with Crippen molar-refractivity contribution in [2.24, 2.45) is 5.92 Å². The maximum Gasteiger partial charge on any atom is 0.243 e. The van der Waals surface area contributed by atoms with E-state index in [4.69, 9.17) is 0 Å². The first kappa shape index (κ1) is 21.5. The number of aryl methyl sites for hydroxylation is 1. The molecule has 1 N–H and O–H groups in total. The van der Waals surface area contributed by atoms with Crippen molar-refractivity contribution in [3.63, 3.8) is 0 Å². The predicted octanol–water partition coefficient (Wildman–Crippen LogP) is 3.12. The number of carbonyl (C=O) groups is 1. The number of hydrogen-bond donors (Lipinski definition) is 1. The fourth-order valence-electron chi connectivity index (χ4n) is 3.69. The molecule has 0 bridgehead atoms. The van der Waals surface area contributed by atoms with Crippen LogP contribution in [0, 0.1) is 19.8 Å². The molecule has 1 aromatic heterocycles. The third-order valence-corrected chi connectivity index (χ3v) is 7.12. The summed E-state index contributed by atoms with van der Waals surface area (Å²) in [6.07, 6.45) is 1.98. The smallest absolute Gasteiger partial charge is 0.243 e. The van der Waals surface area contributed by atoms with E-state index in [-0.39, 0.29) is 17.2 Å². The Hall–Kier alpha value is -2.19. The van der Waals surface area contributed by atoms with Crippen molar-refractivity contribution >= 4 is 21.6 Å². The monoisotopic (exact) mass is 418 g/mol. The highest BCUT2D eigenvalue weighted by Crippen LogP contribution is 2.23. The molecule has 1 saturated heterocycles. The van der Waals surface area contributed by atoms with Crippen LogP contribution in [0.2, 0.25) is 0 Å². The van der Waals surface area contributed by atoms with Crippen LogP contribution in [0.5, 0.6) is 0 Å². The summed E-state index contributed by atoms with van der Waals surface area (Å²) >= 11 is 0. The van der Waals surface area contributed by atoms with Gasteiger partial charge in [0.05, 0.1) is 17.0 Å². The van der Waals surface area contributed by atoms with Gasteiger partial charge in [-0.15, -0.1) is 0 Å². The average Bonchev–Trinajstić information content (AvgIpc) is 3.27. The van der Waals surface area contributed by atoms with Gasteiger partial charge in [-0.25, -0.2) is 8.42 Å². The standard InChI is InChI=1S/C21H30N4O3S/c1-15(2)14-25-17(4)20(16(3)23-25)13-21(26)22-18-8-7-9-19(12-18)29(27,28)24-10-5-6-11-24/h7-9,12,15H,5-6,10-11,13-14H2,1-4H3,(H,22,26). The van der Waals surface area contributed by atoms with Crippen molar-refractivity contribution in [3.05, 3.63) is 41.2 Å².